The lowest BCUT2D eigenvalue weighted by molar-refractivity contribution is -0.133. The van der Waals surface area contributed by atoms with Crippen LogP contribution in [-0.2, 0) is 0 Å². The third kappa shape index (κ3) is 1.91. The molecule has 0 aliphatic heterocycles. The summed E-state index contributed by atoms with van der Waals surface area (Å²) in [5, 5.41) is 20.5. The first-order valence-corrected chi connectivity index (χ1v) is 9.31. The summed E-state index contributed by atoms with van der Waals surface area (Å²) in [4.78, 5) is 0. The molecule has 0 aromatic carbocycles. The SMILES string of the molecule is C[C@]12CC[C@H]3[C@@H](CCC4C[C@H](O)CC[C@@]43C)C1CC[C@@H]2O. The normalized spacial score (nSPS) is 60.0. The van der Waals surface area contributed by atoms with Gasteiger partial charge in [-0.2, -0.15) is 0 Å². The summed E-state index contributed by atoms with van der Waals surface area (Å²) in [6.07, 6.45) is 10.7. The Morgan fingerprint density at radius 1 is 0.762 bits per heavy atom. The van der Waals surface area contributed by atoms with Gasteiger partial charge >= 0.3 is 0 Å². The van der Waals surface area contributed by atoms with E-state index in [4.69, 9.17) is 0 Å². The average molecular weight is 292 g/mol. The molecule has 0 heterocycles. The molecule has 0 saturated heterocycles. The molecule has 0 spiro atoms. The van der Waals surface area contributed by atoms with Crippen LogP contribution in [0.25, 0.3) is 0 Å². The highest BCUT2D eigenvalue weighted by Gasteiger charge is 2.59. The first-order valence-electron chi connectivity index (χ1n) is 9.31. The molecule has 21 heavy (non-hydrogen) atoms. The van der Waals surface area contributed by atoms with E-state index in [1.807, 2.05) is 0 Å². The van der Waals surface area contributed by atoms with Crippen molar-refractivity contribution in [3.05, 3.63) is 0 Å². The molecule has 0 radical (unpaired) electrons. The standard InChI is InChI=1S/C19H32O2/c1-18-9-7-13(20)11-12(18)3-4-14-15-5-6-17(21)19(15,2)10-8-16(14)18/h12-17,20-21H,3-11H2,1-2H3/t12?,13-,14+,15?,16+,17+,18+,19+/m1/s1. The molecule has 0 aromatic heterocycles. The van der Waals surface area contributed by atoms with Crippen LogP contribution in [0.3, 0.4) is 0 Å². The van der Waals surface area contributed by atoms with Crippen LogP contribution in [0, 0.1) is 34.5 Å². The van der Waals surface area contributed by atoms with E-state index >= 15 is 0 Å². The molecule has 120 valence electrons. The highest BCUT2D eigenvalue weighted by molar-refractivity contribution is 5.09. The van der Waals surface area contributed by atoms with E-state index in [0.717, 1.165) is 42.9 Å². The van der Waals surface area contributed by atoms with Gasteiger partial charge in [-0.05, 0) is 92.3 Å². The summed E-state index contributed by atoms with van der Waals surface area (Å²) in [5.74, 6) is 3.21. The van der Waals surface area contributed by atoms with E-state index in [-0.39, 0.29) is 17.6 Å². The van der Waals surface area contributed by atoms with Gasteiger partial charge in [0.2, 0.25) is 0 Å². The predicted octanol–water partition coefficient (Wildman–Crippen LogP) is 3.75. The zero-order valence-corrected chi connectivity index (χ0v) is 13.7. The van der Waals surface area contributed by atoms with Crippen molar-refractivity contribution in [3.8, 4) is 0 Å². The molecule has 2 N–H and O–H groups in total. The summed E-state index contributed by atoms with van der Waals surface area (Å²) >= 11 is 0. The van der Waals surface area contributed by atoms with Crippen molar-refractivity contribution in [1.82, 2.24) is 0 Å². The van der Waals surface area contributed by atoms with Gasteiger partial charge in [-0.25, -0.2) is 0 Å². The van der Waals surface area contributed by atoms with Crippen molar-refractivity contribution < 1.29 is 10.2 Å². The molecule has 2 unspecified atom stereocenters. The van der Waals surface area contributed by atoms with Crippen LogP contribution < -0.4 is 0 Å². The Labute approximate surface area is 129 Å². The minimum Gasteiger partial charge on any atom is -0.393 e. The third-order valence-corrected chi connectivity index (χ3v) is 8.59. The smallest absolute Gasteiger partial charge is 0.0596 e. The monoisotopic (exact) mass is 292 g/mol. The van der Waals surface area contributed by atoms with Gasteiger partial charge in [0.1, 0.15) is 0 Å². The molecular weight excluding hydrogens is 260 g/mol. The summed E-state index contributed by atoms with van der Waals surface area (Å²) in [6, 6.07) is 0. The van der Waals surface area contributed by atoms with Gasteiger partial charge in [-0.3, -0.25) is 0 Å². The second-order valence-corrected chi connectivity index (χ2v) is 9.22. The van der Waals surface area contributed by atoms with Crippen LogP contribution >= 0.6 is 0 Å². The lowest BCUT2D eigenvalue weighted by atomic mass is 9.45. The van der Waals surface area contributed by atoms with E-state index in [1.54, 1.807) is 0 Å². The number of rotatable bonds is 0. The molecule has 0 aromatic rings. The number of fused-ring (bicyclic) bond motifs is 5. The fraction of sp³-hybridized carbons (Fsp3) is 1.00. The molecule has 4 saturated carbocycles. The Kier molecular flexibility index (Phi) is 3.25. The Hall–Kier alpha value is -0.0800. The maximum atomic E-state index is 10.5. The molecular formula is C19H32O2. The second kappa shape index (κ2) is 4.71. The Morgan fingerprint density at radius 2 is 1.48 bits per heavy atom. The topological polar surface area (TPSA) is 40.5 Å². The summed E-state index contributed by atoms with van der Waals surface area (Å²) < 4.78 is 0. The molecule has 4 aliphatic rings. The Morgan fingerprint density at radius 3 is 2.29 bits per heavy atom. The van der Waals surface area contributed by atoms with E-state index in [1.165, 1.54) is 38.5 Å². The number of aliphatic hydroxyl groups excluding tert-OH is 2. The number of hydrogen-bond acceptors (Lipinski definition) is 2. The van der Waals surface area contributed by atoms with Crippen molar-refractivity contribution in [2.24, 2.45) is 34.5 Å². The number of aliphatic hydroxyl groups is 2. The quantitative estimate of drug-likeness (QED) is 0.714. The highest BCUT2D eigenvalue weighted by Crippen LogP contribution is 2.66. The van der Waals surface area contributed by atoms with Crippen molar-refractivity contribution >= 4 is 0 Å². The zero-order chi connectivity index (χ0) is 14.8. The van der Waals surface area contributed by atoms with Gasteiger partial charge in [-0.1, -0.05) is 13.8 Å². The highest BCUT2D eigenvalue weighted by atomic mass is 16.3. The van der Waals surface area contributed by atoms with E-state index in [9.17, 15) is 10.2 Å². The predicted molar refractivity (Wildman–Crippen MR) is 83.7 cm³/mol. The third-order valence-electron chi connectivity index (χ3n) is 8.59. The van der Waals surface area contributed by atoms with Gasteiger partial charge in [0.25, 0.3) is 0 Å². The number of hydrogen-bond donors (Lipinski definition) is 2. The lowest BCUT2D eigenvalue weighted by Crippen LogP contribution is -2.54. The first-order chi connectivity index (χ1) is 9.95. The van der Waals surface area contributed by atoms with Crippen LogP contribution in [0.1, 0.15) is 71.6 Å². The molecule has 2 heteroatoms. The largest absolute Gasteiger partial charge is 0.393 e. The summed E-state index contributed by atoms with van der Waals surface area (Å²) in [5.41, 5.74) is 0.676. The fourth-order valence-electron chi connectivity index (χ4n) is 7.21. The van der Waals surface area contributed by atoms with Crippen LogP contribution in [0.4, 0.5) is 0 Å². The lowest BCUT2D eigenvalue weighted by Gasteiger charge is -2.60. The molecule has 0 bridgehead atoms. The van der Waals surface area contributed by atoms with Crippen molar-refractivity contribution in [1.29, 1.82) is 0 Å². The summed E-state index contributed by atoms with van der Waals surface area (Å²) in [7, 11) is 0. The Balaban J connectivity index is 1.62. The van der Waals surface area contributed by atoms with Gasteiger partial charge in [0.05, 0.1) is 12.2 Å². The van der Waals surface area contributed by atoms with Gasteiger partial charge in [0.15, 0.2) is 0 Å². The van der Waals surface area contributed by atoms with Gasteiger partial charge in [0, 0.05) is 0 Å². The van der Waals surface area contributed by atoms with Crippen LogP contribution in [0.2, 0.25) is 0 Å². The van der Waals surface area contributed by atoms with Crippen LogP contribution in [0.15, 0.2) is 0 Å². The van der Waals surface area contributed by atoms with Gasteiger partial charge < -0.3 is 10.2 Å². The van der Waals surface area contributed by atoms with Gasteiger partial charge in [-0.15, -0.1) is 0 Å². The Bertz CT molecular complexity index is 422. The molecule has 0 amide bonds. The van der Waals surface area contributed by atoms with Crippen molar-refractivity contribution in [2.75, 3.05) is 0 Å². The maximum absolute atomic E-state index is 10.5. The zero-order valence-electron chi connectivity index (χ0n) is 13.7. The molecule has 4 fully saturated rings. The molecule has 4 rings (SSSR count). The average Bonchev–Trinajstić information content (AvgIpc) is 2.76. The molecule has 2 nitrogen and oxygen atoms in total. The molecule has 8 atom stereocenters. The molecule has 4 aliphatic carbocycles. The van der Waals surface area contributed by atoms with E-state index in [2.05, 4.69) is 13.8 Å². The van der Waals surface area contributed by atoms with Crippen molar-refractivity contribution in [3.63, 3.8) is 0 Å². The summed E-state index contributed by atoms with van der Waals surface area (Å²) in [6.45, 7) is 4.90. The first kappa shape index (κ1) is 14.5. The van der Waals surface area contributed by atoms with Crippen molar-refractivity contribution in [2.45, 2.75) is 83.8 Å². The second-order valence-electron chi connectivity index (χ2n) is 9.22. The van der Waals surface area contributed by atoms with E-state index in [0.29, 0.717) is 5.41 Å². The van der Waals surface area contributed by atoms with E-state index < -0.39 is 0 Å². The van der Waals surface area contributed by atoms with Crippen LogP contribution in [0.5, 0.6) is 0 Å². The van der Waals surface area contributed by atoms with Crippen LogP contribution in [-0.4, -0.2) is 22.4 Å². The maximum Gasteiger partial charge on any atom is 0.0596 e. The minimum absolute atomic E-state index is 0.0400. The fourth-order valence-corrected chi connectivity index (χ4v) is 7.21. The minimum atomic E-state index is -0.0536.